The molecule has 12 aromatic rings. The van der Waals surface area contributed by atoms with E-state index in [9.17, 15) is 27.6 Å². The lowest BCUT2D eigenvalue weighted by Crippen LogP contribution is -2.27. The van der Waals surface area contributed by atoms with Crippen molar-refractivity contribution in [2.24, 2.45) is 0 Å². The number of carbonyl (C=O) groups excluding carboxylic acids is 3. The normalized spacial score (nSPS) is 15.1. The van der Waals surface area contributed by atoms with E-state index in [1.165, 1.54) is 33.5 Å². The van der Waals surface area contributed by atoms with Crippen LogP contribution >= 0.6 is 0 Å². The minimum Gasteiger partial charge on any atom is -0.494 e. The van der Waals surface area contributed by atoms with Gasteiger partial charge in [-0.3, -0.25) is 42.5 Å². The van der Waals surface area contributed by atoms with Gasteiger partial charge in [-0.2, -0.15) is 13.2 Å². The quantitative estimate of drug-likeness (QED) is 0.0484. The number of hydrogen-bond acceptors (Lipinski definition) is 15. The van der Waals surface area contributed by atoms with Gasteiger partial charge in [0, 0.05) is 111 Å². The van der Waals surface area contributed by atoms with Gasteiger partial charge in [0.05, 0.1) is 72.0 Å². The molecule has 0 spiro atoms. The molecule has 0 bridgehead atoms. The second-order valence-corrected chi connectivity index (χ2v) is 26.4. The number of methoxy groups -OCH3 is 3. The van der Waals surface area contributed by atoms with Crippen LogP contribution in [0.2, 0.25) is 0 Å². The number of likely N-dealkylation sites (tertiary alicyclic amines) is 3. The fraction of sp³-hybridized carbons (Fsp3) is 0.267. The summed E-state index contributed by atoms with van der Waals surface area (Å²) in [6.07, 6.45) is 19.7. The van der Waals surface area contributed by atoms with Crippen LogP contribution in [-0.4, -0.2) is 136 Å². The molecule has 3 saturated heterocycles. The molecular formula is C86H83F3N12O9. The molecule has 3 amide bonds. The molecule has 24 heteroatoms. The highest BCUT2D eigenvalue weighted by Crippen LogP contribution is 2.41. The van der Waals surface area contributed by atoms with Crippen LogP contribution in [0.1, 0.15) is 106 Å². The zero-order valence-electron chi connectivity index (χ0n) is 62.3. The maximum absolute atomic E-state index is 14.5. The summed E-state index contributed by atoms with van der Waals surface area (Å²) in [6, 6.07) is 36.6. The zero-order chi connectivity index (χ0) is 77.1. The number of nitrogens with zero attached hydrogens (tertiary/aromatic N) is 12. The highest BCUT2D eigenvalue weighted by atomic mass is 19.1. The van der Waals surface area contributed by atoms with Crippen LogP contribution in [0.3, 0.4) is 0 Å². The number of aromatic nitrogens is 9. The van der Waals surface area contributed by atoms with Crippen LogP contribution < -0.4 is 28.4 Å². The lowest BCUT2D eigenvalue weighted by Gasteiger charge is -2.13. The standard InChI is InChI=1S/C29H29FN4O3.C29H27FN4O3.C28H27FN4O3/c1-4-7-22-28-27(19-10-12-21(13-11-19)37-24-9-6-8-23(36-3)26(24)30)32-29(34(28)17-15-31-22)20-14-16-33(18-20)25(35)5-2;1-4-7-25(35)33-16-14-20(18-33)29-32-27(28-22(5-2)31-15-17-34(28)29)19-10-12-21(13-11-19)37-24-9-6-8-23(36-3)26(24)30;1-4-21-27-26(18-9-11-20(12-10-18)36-23-8-6-7-22(35-3)25(23)29)31-28(33(27)16-14-30-21)19-13-15-32(17-19)24(34)5-2/h5-6,8-13,15,17,20H,2,4,7,14,16,18H2,1,3H3;6,8-13,15,17,20H,5,14,16,18H2,1-3H3;5-12,14,16,19H,2,4,13,15,17H2,1,3H3/t2*20-;19-/m111/s1. The van der Waals surface area contributed by atoms with Crippen molar-refractivity contribution in [1.82, 2.24) is 57.8 Å². The Morgan fingerprint density at radius 1 is 0.464 bits per heavy atom. The molecular weight excluding hydrogens is 1400 g/mol. The molecule has 0 radical (unpaired) electrons. The number of halogens is 3. The first-order chi connectivity index (χ1) is 53.6. The molecule has 110 heavy (non-hydrogen) atoms. The van der Waals surface area contributed by atoms with Gasteiger partial charge in [-0.05, 0) is 173 Å². The van der Waals surface area contributed by atoms with Gasteiger partial charge in [-0.1, -0.05) is 64.5 Å². The SMILES string of the molecule is C=CC(=O)N1CC[C@@H](c2nc(-c3ccc(Oc4cccc(OC)c4F)cc3)c3c(CC)nccn23)C1.C=CC(=O)N1CC[C@@H](c2nc(-c3ccc(Oc4cccc(OC)c4F)cc3)c3c(CCC)nccn23)C1.CC#CC(=O)N1CC[C@@H](c2nc(-c3ccc(Oc4cccc(OC)c4F)cc3)c3c(CC)nccn23)C1. The van der Waals surface area contributed by atoms with Crippen molar-refractivity contribution in [2.45, 2.75) is 90.4 Å². The van der Waals surface area contributed by atoms with Crippen LogP contribution in [0.25, 0.3) is 50.3 Å². The van der Waals surface area contributed by atoms with Gasteiger partial charge < -0.3 is 43.1 Å². The Kier molecular flexibility index (Phi) is 23.3. The Bertz CT molecular complexity index is 5460. The maximum Gasteiger partial charge on any atom is 0.298 e. The third-order valence-corrected chi connectivity index (χ3v) is 19.8. The maximum atomic E-state index is 14.5. The molecule has 0 N–H and O–H groups in total. The summed E-state index contributed by atoms with van der Waals surface area (Å²) in [7, 11) is 4.25. The Morgan fingerprint density at radius 3 is 1.10 bits per heavy atom. The van der Waals surface area contributed by atoms with E-state index in [0.717, 1.165) is 130 Å². The molecule has 6 aromatic carbocycles. The van der Waals surface area contributed by atoms with Gasteiger partial charge in [0.25, 0.3) is 5.91 Å². The summed E-state index contributed by atoms with van der Waals surface area (Å²) in [4.78, 5) is 71.1. The van der Waals surface area contributed by atoms with Crippen molar-refractivity contribution in [3.05, 3.63) is 242 Å². The second-order valence-electron chi connectivity index (χ2n) is 26.4. The molecule has 3 aliphatic rings. The number of carbonyl (C=O) groups is 3. The Balaban J connectivity index is 0.000000145. The molecule has 15 rings (SSSR count). The van der Waals surface area contributed by atoms with E-state index >= 15 is 0 Å². The predicted octanol–water partition coefficient (Wildman–Crippen LogP) is 16.4. The van der Waals surface area contributed by atoms with Crippen LogP contribution in [0, 0.1) is 29.3 Å². The molecule has 6 aromatic heterocycles. The van der Waals surface area contributed by atoms with Crippen LogP contribution in [0.5, 0.6) is 51.7 Å². The minimum absolute atomic E-state index is 0.0556. The fourth-order valence-electron chi connectivity index (χ4n) is 14.3. The Hall–Kier alpha value is -12.8. The van der Waals surface area contributed by atoms with Gasteiger partial charge >= 0.3 is 0 Å². The first kappa shape index (κ1) is 75.5. The molecule has 3 fully saturated rings. The first-order valence-corrected chi connectivity index (χ1v) is 36.6. The van der Waals surface area contributed by atoms with Crippen molar-refractivity contribution in [3.63, 3.8) is 0 Å². The predicted molar refractivity (Wildman–Crippen MR) is 413 cm³/mol. The number of ether oxygens (including phenoxy) is 6. The van der Waals surface area contributed by atoms with Crippen LogP contribution in [0.15, 0.2) is 190 Å². The van der Waals surface area contributed by atoms with Gasteiger partial charge in [-0.25, -0.2) is 15.0 Å². The number of hydrogen-bond donors (Lipinski definition) is 0. The molecule has 9 heterocycles. The number of rotatable bonds is 21. The van der Waals surface area contributed by atoms with Crippen LogP contribution in [0.4, 0.5) is 13.2 Å². The first-order valence-electron chi connectivity index (χ1n) is 36.6. The van der Waals surface area contributed by atoms with Crippen LogP contribution in [-0.2, 0) is 33.6 Å². The van der Waals surface area contributed by atoms with E-state index in [1.807, 2.05) is 71.0 Å². The molecule has 21 nitrogen and oxygen atoms in total. The van der Waals surface area contributed by atoms with Crippen molar-refractivity contribution < 1.29 is 56.0 Å². The van der Waals surface area contributed by atoms with E-state index in [2.05, 4.69) is 73.9 Å². The molecule has 0 aliphatic carbocycles. The van der Waals surface area contributed by atoms with Crippen molar-refractivity contribution in [1.29, 1.82) is 0 Å². The molecule has 0 saturated carbocycles. The molecule has 3 atom stereocenters. The summed E-state index contributed by atoms with van der Waals surface area (Å²) in [6.45, 7) is 19.0. The van der Waals surface area contributed by atoms with E-state index < -0.39 is 17.5 Å². The second kappa shape index (κ2) is 34.0. The number of amides is 3. The van der Waals surface area contributed by atoms with Gasteiger partial charge in [0.15, 0.2) is 34.5 Å². The number of aryl methyl sites for hydroxylation is 3. The van der Waals surface area contributed by atoms with Crippen molar-refractivity contribution in [3.8, 4) is 97.4 Å². The third kappa shape index (κ3) is 15.7. The monoisotopic (exact) mass is 1480 g/mol. The number of benzene rings is 6. The molecule has 3 aliphatic heterocycles. The zero-order valence-corrected chi connectivity index (χ0v) is 62.3. The average Bonchev–Trinajstić information content (AvgIpc) is 1.62. The van der Waals surface area contributed by atoms with E-state index in [-0.39, 0.29) is 70.0 Å². The van der Waals surface area contributed by atoms with E-state index in [0.29, 0.717) is 56.5 Å². The Morgan fingerprint density at radius 2 is 0.782 bits per heavy atom. The largest absolute Gasteiger partial charge is 0.494 e. The van der Waals surface area contributed by atoms with Gasteiger partial charge in [0.1, 0.15) is 34.7 Å². The molecule has 562 valence electrons. The molecule has 0 unspecified atom stereocenters. The van der Waals surface area contributed by atoms with Gasteiger partial charge in [0.2, 0.25) is 29.3 Å². The lowest BCUT2D eigenvalue weighted by molar-refractivity contribution is -0.125. The summed E-state index contributed by atoms with van der Waals surface area (Å²) >= 11 is 0. The van der Waals surface area contributed by atoms with E-state index in [4.69, 9.17) is 43.4 Å². The third-order valence-electron chi connectivity index (χ3n) is 19.8. The fourth-order valence-corrected chi connectivity index (χ4v) is 14.3. The number of fused-ring (bicyclic) bond motifs is 3. The van der Waals surface area contributed by atoms with E-state index in [1.54, 1.807) is 115 Å². The summed E-state index contributed by atoms with van der Waals surface area (Å²) in [5.41, 5.74) is 10.9. The topological polar surface area (TPSA) is 207 Å². The summed E-state index contributed by atoms with van der Waals surface area (Å²) < 4.78 is 82.4. The summed E-state index contributed by atoms with van der Waals surface area (Å²) in [5.74, 6) is 8.62. The van der Waals surface area contributed by atoms with Crippen molar-refractivity contribution >= 4 is 34.3 Å². The number of imidazole rings is 3. The highest BCUT2D eigenvalue weighted by Gasteiger charge is 2.35. The van der Waals surface area contributed by atoms with Crippen molar-refractivity contribution in [2.75, 3.05) is 60.6 Å². The summed E-state index contributed by atoms with van der Waals surface area (Å²) in [5, 5.41) is 0. The minimum atomic E-state index is -0.550. The lowest BCUT2D eigenvalue weighted by atomic mass is 10.1. The highest BCUT2D eigenvalue weighted by molar-refractivity contribution is 5.94. The smallest absolute Gasteiger partial charge is 0.298 e. The van der Waals surface area contributed by atoms with Gasteiger partial charge in [-0.15, -0.1) is 0 Å². The average molecular weight is 1490 g/mol. The Labute approximate surface area is 635 Å².